The minimum absolute atomic E-state index is 0.00500. The topological polar surface area (TPSA) is 141 Å². The summed E-state index contributed by atoms with van der Waals surface area (Å²) in [6.45, 7) is 2.20. The Labute approximate surface area is 263 Å². The zero-order valence-electron chi connectivity index (χ0n) is 25.4. The molecule has 10 nitrogen and oxygen atoms in total. The highest BCUT2D eigenvalue weighted by atomic mass is 16.7. The van der Waals surface area contributed by atoms with E-state index in [4.69, 9.17) is 14.7 Å². The standard InChI is InChI=1S/C35H43N3O7/c39-22-24-9-11-27(12-10-24)32-19-31(21-38-17-3-6-30(38)23-40)44-35(45-32)28-15-13-26(14-16-28)29-5-1-4-25(18-29)20-36-33(41)7-2-8-34(42)37-43/h1,4-5,9-16,18,30-32,35,39-40,43H,2-3,6-8,17,19-23H2,(H,36,41)(H,37,42)/t30-,31+,32-,35-/m0/s1. The molecule has 2 aliphatic rings. The highest BCUT2D eigenvalue weighted by Crippen LogP contribution is 2.39. The number of nitrogens with zero attached hydrogens (tertiary/aromatic N) is 1. The van der Waals surface area contributed by atoms with E-state index in [0.29, 0.717) is 19.4 Å². The molecule has 0 unspecified atom stereocenters. The van der Waals surface area contributed by atoms with Crippen molar-refractivity contribution in [2.24, 2.45) is 0 Å². The lowest BCUT2D eigenvalue weighted by Crippen LogP contribution is -2.42. The molecule has 240 valence electrons. The van der Waals surface area contributed by atoms with Crippen molar-refractivity contribution in [3.8, 4) is 11.1 Å². The number of hydrogen-bond donors (Lipinski definition) is 5. The van der Waals surface area contributed by atoms with Gasteiger partial charge in [0.25, 0.3) is 0 Å². The lowest BCUT2D eigenvalue weighted by atomic mass is 9.98. The van der Waals surface area contributed by atoms with Crippen LogP contribution in [0.5, 0.6) is 0 Å². The van der Waals surface area contributed by atoms with Gasteiger partial charge in [-0.15, -0.1) is 0 Å². The fraction of sp³-hybridized carbons (Fsp3) is 0.429. The van der Waals surface area contributed by atoms with E-state index in [2.05, 4.69) is 10.2 Å². The predicted octanol–water partition coefficient (Wildman–Crippen LogP) is 4.14. The molecule has 2 saturated heterocycles. The average Bonchev–Trinajstić information content (AvgIpc) is 3.54. The Bertz CT molecular complexity index is 1400. The highest BCUT2D eigenvalue weighted by molar-refractivity contribution is 5.78. The van der Waals surface area contributed by atoms with Gasteiger partial charge in [-0.2, -0.15) is 0 Å². The first-order chi connectivity index (χ1) is 21.9. The molecule has 5 N–H and O–H groups in total. The number of carbonyl (C=O) groups excluding carboxylic acids is 2. The van der Waals surface area contributed by atoms with Crippen molar-refractivity contribution < 1.29 is 34.5 Å². The van der Waals surface area contributed by atoms with Gasteiger partial charge >= 0.3 is 0 Å². The number of likely N-dealkylation sites (tertiary alicyclic amines) is 1. The summed E-state index contributed by atoms with van der Waals surface area (Å²) in [6.07, 6.45) is 2.62. The van der Waals surface area contributed by atoms with Crippen LogP contribution in [-0.2, 0) is 32.2 Å². The van der Waals surface area contributed by atoms with Crippen molar-refractivity contribution in [2.75, 3.05) is 19.7 Å². The molecule has 2 fully saturated rings. The van der Waals surface area contributed by atoms with Crippen molar-refractivity contribution in [1.82, 2.24) is 15.7 Å². The molecule has 0 bridgehead atoms. The van der Waals surface area contributed by atoms with Gasteiger partial charge in [0.2, 0.25) is 11.8 Å². The number of rotatable bonds is 13. The summed E-state index contributed by atoms with van der Waals surface area (Å²) >= 11 is 0. The predicted molar refractivity (Wildman–Crippen MR) is 168 cm³/mol. The number of benzene rings is 3. The molecule has 4 atom stereocenters. The zero-order valence-corrected chi connectivity index (χ0v) is 25.4. The largest absolute Gasteiger partial charge is 0.395 e. The van der Waals surface area contributed by atoms with Gasteiger partial charge in [0.15, 0.2) is 6.29 Å². The van der Waals surface area contributed by atoms with Crippen LogP contribution >= 0.6 is 0 Å². The van der Waals surface area contributed by atoms with Gasteiger partial charge in [-0.1, -0.05) is 66.7 Å². The molecule has 2 amide bonds. The SMILES string of the molecule is O=C(CCCC(=O)NCc1cccc(-c2ccc([C@H]3O[C@@H](CN4CCC[C@H]4CO)C[C@@H](c4ccc(CO)cc4)O3)cc2)c1)NO. The maximum atomic E-state index is 12.2. The molecule has 0 saturated carbocycles. The van der Waals surface area contributed by atoms with Crippen LogP contribution in [0, 0.1) is 0 Å². The third kappa shape index (κ3) is 8.97. The molecule has 0 radical (unpaired) electrons. The fourth-order valence-corrected chi connectivity index (χ4v) is 6.08. The number of aliphatic hydroxyl groups excluding tert-OH is 2. The number of amides is 2. The van der Waals surface area contributed by atoms with Crippen LogP contribution in [0.2, 0.25) is 0 Å². The first-order valence-corrected chi connectivity index (χ1v) is 15.7. The van der Waals surface area contributed by atoms with Crippen molar-refractivity contribution in [2.45, 2.75) is 76.2 Å². The Kier molecular flexibility index (Phi) is 11.7. The van der Waals surface area contributed by atoms with Crippen LogP contribution in [0.15, 0.2) is 72.8 Å². The average molecular weight is 618 g/mol. The lowest BCUT2D eigenvalue weighted by molar-refractivity contribution is -0.253. The molecule has 10 heteroatoms. The molecule has 3 aromatic rings. The Hall–Kier alpha value is -3.64. The van der Waals surface area contributed by atoms with E-state index >= 15 is 0 Å². The Morgan fingerprint density at radius 2 is 1.62 bits per heavy atom. The van der Waals surface area contributed by atoms with E-state index in [1.807, 2.05) is 72.8 Å². The number of hydroxylamine groups is 1. The van der Waals surface area contributed by atoms with Crippen LogP contribution in [0.25, 0.3) is 11.1 Å². The second-order valence-corrected chi connectivity index (χ2v) is 11.8. The number of aliphatic hydroxyl groups is 2. The van der Waals surface area contributed by atoms with E-state index in [9.17, 15) is 19.8 Å². The summed E-state index contributed by atoms with van der Waals surface area (Å²) in [5.41, 5.74) is 7.38. The van der Waals surface area contributed by atoms with Gasteiger partial charge in [0.1, 0.15) is 0 Å². The molecular formula is C35H43N3O7. The Balaban J connectivity index is 1.25. The minimum atomic E-state index is -0.555. The minimum Gasteiger partial charge on any atom is -0.395 e. The van der Waals surface area contributed by atoms with Crippen LogP contribution < -0.4 is 10.8 Å². The summed E-state index contributed by atoms with van der Waals surface area (Å²) in [7, 11) is 0. The van der Waals surface area contributed by atoms with Gasteiger partial charge < -0.3 is 25.0 Å². The van der Waals surface area contributed by atoms with Gasteiger partial charge in [0, 0.05) is 44.0 Å². The third-order valence-electron chi connectivity index (χ3n) is 8.63. The number of carbonyl (C=O) groups is 2. The summed E-state index contributed by atoms with van der Waals surface area (Å²) in [5.74, 6) is -0.657. The number of hydrogen-bond acceptors (Lipinski definition) is 8. The van der Waals surface area contributed by atoms with E-state index in [1.165, 1.54) is 0 Å². The maximum absolute atomic E-state index is 12.2. The molecule has 0 spiro atoms. The van der Waals surface area contributed by atoms with Crippen LogP contribution in [0.4, 0.5) is 0 Å². The smallest absolute Gasteiger partial charge is 0.243 e. The van der Waals surface area contributed by atoms with Crippen molar-refractivity contribution >= 4 is 11.8 Å². The summed E-state index contributed by atoms with van der Waals surface area (Å²) in [6, 6.07) is 24.2. The number of nitrogens with one attached hydrogen (secondary N) is 2. The van der Waals surface area contributed by atoms with Crippen LogP contribution in [0.1, 0.15) is 73.2 Å². The summed E-state index contributed by atoms with van der Waals surface area (Å²) < 4.78 is 13.0. The van der Waals surface area contributed by atoms with Crippen LogP contribution in [-0.4, -0.2) is 64.0 Å². The van der Waals surface area contributed by atoms with Crippen molar-refractivity contribution in [3.63, 3.8) is 0 Å². The summed E-state index contributed by atoms with van der Waals surface area (Å²) in [5, 5.41) is 30.8. The van der Waals surface area contributed by atoms with Gasteiger partial charge in [-0.25, -0.2) is 5.48 Å². The normalized spacial score (nSPS) is 21.8. The van der Waals surface area contributed by atoms with Gasteiger partial charge in [-0.05, 0) is 59.7 Å². The quantitative estimate of drug-likeness (QED) is 0.142. The van der Waals surface area contributed by atoms with Crippen molar-refractivity contribution in [3.05, 3.63) is 95.1 Å². The lowest BCUT2D eigenvalue weighted by Gasteiger charge is -2.38. The van der Waals surface area contributed by atoms with Crippen molar-refractivity contribution in [1.29, 1.82) is 0 Å². The Morgan fingerprint density at radius 3 is 2.36 bits per heavy atom. The first kappa shape index (κ1) is 32.7. The highest BCUT2D eigenvalue weighted by Gasteiger charge is 2.35. The fourth-order valence-electron chi connectivity index (χ4n) is 6.08. The molecule has 2 aliphatic heterocycles. The van der Waals surface area contributed by atoms with E-state index < -0.39 is 12.2 Å². The van der Waals surface area contributed by atoms with E-state index in [1.54, 1.807) is 5.48 Å². The monoisotopic (exact) mass is 617 g/mol. The second kappa shape index (κ2) is 16.1. The zero-order chi connectivity index (χ0) is 31.6. The molecular weight excluding hydrogens is 574 g/mol. The first-order valence-electron chi connectivity index (χ1n) is 15.7. The third-order valence-corrected chi connectivity index (χ3v) is 8.63. The van der Waals surface area contributed by atoms with Gasteiger partial charge in [0.05, 0.1) is 25.4 Å². The number of ether oxygens (including phenoxy) is 2. The molecule has 0 aromatic heterocycles. The second-order valence-electron chi connectivity index (χ2n) is 11.8. The molecule has 45 heavy (non-hydrogen) atoms. The van der Waals surface area contributed by atoms with E-state index in [-0.39, 0.29) is 50.2 Å². The summed E-state index contributed by atoms with van der Waals surface area (Å²) in [4.78, 5) is 25.6. The molecule has 3 aromatic carbocycles. The Morgan fingerprint density at radius 1 is 0.867 bits per heavy atom. The maximum Gasteiger partial charge on any atom is 0.243 e. The van der Waals surface area contributed by atoms with E-state index in [0.717, 1.165) is 59.3 Å². The molecule has 2 heterocycles. The van der Waals surface area contributed by atoms with Gasteiger partial charge in [-0.3, -0.25) is 19.7 Å². The molecule has 5 rings (SSSR count). The molecule has 0 aliphatic carbocycles. The van der Waals surface area contributed by atoms with Crippen LogP contribution in [0.3, 0.4) is 0 Å².